The van der Waals surface area contributed by atoms with Crippen LogP contribution in [0.2, 0.25) is 5.02 Å². The molecule has 35 heavy (non-hydrogen) atoms. The lowest BCUT2D eigenvalue weighted by molar-refractivity contribution is 0.327. The van der Waals surface area contributed by atoms with Gasteiger partial charge in [0.1, 0.15) is 6.17 Å². The molecule has 5 rings (SSSR count). The number of aryl methyl sites for hydroxylation is 1. The molecule has 4 aromatic carbocycles. The molecule has 6 heteroatoms. The molecular weight excluding hydrogens is 476 g/mol. The number of hydrogen-bond acceptors (Lipinski definition) is 3. The summed E-state index contributed by atoms with van der Waals surface area (Å²) in [7, 11) is -3.81. The summed E-state index contributed by atoms with van der Waals surface area (Å²) in [6, 6.07) is 34.4. The lowest BCUT2D eigenvalue weighted by Gasteiger charge is -2.32. The molecule has 2 atom stereocenters. The molecule has 1 aliphatic rings. The summed E-state index contributed by atoms with van der Waals surface area (Å²) in [5.74, 6) is 0. The van der Waals surface area contributed by atoms with Gasteiger partial charge in [-0.25, -0.2) is 8.42 Å². The van der Waals surface area contributed by atoms with E-state index in [1.54, 1.807) is 16.4 Å². The fourth-order valence-corrected chi connectivity index (χ4v) is 6.66. The zero-order valence-electron chi connectivity index (χ0n) is 19.5. The van der Waals surface area contributed by atoms with Gasteiger partial charge < -0.3 is 4.90 Å². The first kappa shape index (κ1) is 23.6. The molecule has 0 aliphatic carbocycles. The van der Waals surface area contributed by atoms with Crippen molar-refractivity contribution in [1.29, 1.82) is 0 Å². The maximum atomic E-state index is 14.2. The van der Waals surface area contributed by atoms with Crippen molar-refractivity contribution in [2.24, 2.45) is 0 Å². The SMILES string of the molecule is Cc1ccc(S(=O)(=O)N2[C@@H](Cc3ccccc3)CN(c3ccc(Cl)cc3)[C@H]2c2ccccc2)cc1. The first-order valence-electron chi connectivity index (χ1n) is 11.6. The number of hydrogen-bond donors (Lipinski definition) is 0. The van der Waals surface area contributed by atoms with Gasteiger partial charge in [0.2, 0.25) is 10.0 Å². The topological polar surface area (TPSA) is 40.6 Å². The summed E-state index contributed by atoms with van der Waals surface area (Å²) in [5.41, 5.74) is 3.98. The van der Waals surface area contributed by atoms with Gasteiger partial charge in [-0.05, 0) is 60.9 Å². The lowest BCUT2D eigenvalue weighted by atomic mass is 10.1. The van der Waals surface area contributed by atoms with Crippen molar-refractivity contribution in [3.05, 3.63) is 131 Å². The zero-order chi connectivity index (χ0) is 24.4. The van der Waals surface area contributed by atoms with Crippen LogP contribution in [0.25, 0.3) is 0 Å². The molecule has 0 N–H and O–H groups in total. The van der Waals surface area contributed by atoms with Crippen molar-refractivity contribution in [3.8, 4) is 0 Å². The van der Waals surface area contributed by atoms with Crippen LogP contribution in [0.4, 0.5) is 5.69 Å². The number of rotatable bonds is 6. The Balaban J connectivity index is 1.66. The standard InChI is InChI=1S/C29H27ClN2O2S/c1-22-12-18-28(19-13-22)35(33,34)32-27(20-23-8-4-2-5-9-23)21-31(26-16-14-25(30)15-17-26)29(32)24-10-6-3-7-11-24/h2-19,27,29H,20-21H2,1H3/t27-,29+/m0/s1. The maximum absolute atomic E-state index is 14.2. The molecule has 4 aromatic rings. The fraction of sp³-hybridized carbons (Fsp3) is 0.172. The van der Waals surface area contributed by atoms with E-state index >= 15 is 0 Å². The Bertz CT molecular complexity index is 1380. The monoisotopic (exact) mass is 502 g/mol. The number of sulfonamides is 1. The van der Waals surface area contributed by atoms with Crippen molar-refractivity contribution in [1.82, 2.24) is 4.31 Å². The molecule has 178 valence electrons. The molecule has 1 heterocycles. The van der Waals surface area contributed by atoms with Gasteiger partial charge >= 0.3 is 0 Å². The van der Waals surface area contributed by atoms with E-state index in [0.717, 1.165) is 22.4 Å². The number of anilines is 1. The van der Waals surface area contributed by atoms with E-state index in [2.05, 4.69) is 17.0 Å². The quantitative estimate of drug-likeness (QED) is 0.303. The molecular formula is C29H27ClN2O2S. The smallest absolute Gasteiger partial charge is 0.245 e. The van der Waals surface area contributed by atoms with Crippen LogP contribution in [0, 0.1) is 6.92 Å². The second-order valence-electron chi connectivity index (χ2n) is 8.90. The van der Waals surface area contributed by atoms with E-state index in [4.69, 9.17) is 11.6 Å². The van der Waals surface area contributed by atoms with Crippen LogP contribution in [0.1, 0.15) is 22.9 Å². The summed E-state index contributed by atoms with van der Waals surface area (Å²) < 4.78 is 30.2. The van der Waals surface area contributed by atoms with Gasteiger partial charge in [-0.1, -0.05) is 90.0 Å². The summed E-state index contributed by atoms with van der Waals surface area (Å²) in [5, 5.41) is 0.647. The van der Waals surface area contributed by atoms with Crippen molar-refractivity contribution < 1.29 is 8.42 Å². The summed E-state index contributed by atoms with van der Waals surface area (Å²) in [6.07, 6.45) is 0.122. The largest absolute Gasteiger partial charge is 0.349 e. The third-order valence-corrected chi connectivity index (χ3v) is 8.64. The molecule has 1 fully saturated rings. The van der Waals surface area contributed by atoms with Crippen molar-refractivity contribution in [2.45, 2.75) is 30.4 Å². The number of halogens is 1. The van der Waals surface area contributed by atoms with Crippen LogP contribution in [0.5, 0.6) is 0 Å². The van der Waals surface area contributed by atoms with Gasteiger partial charge in [0.25, 0.3) is 0 Å². The fourth-order valence-electron chi connectivity index (χ4n) is 4.78. The van der Waals surface area contributed by atoms with Gasteiger partial charge in [0.05, 0.1) is 4.90 Å². The van der Waals surface area contributed by atoms with Crippen molar-refractivity contribution in [3.63, 3.8) is 0 Å². The number of nitrogens with zero attached hydrogens (tertiary/aromatic N) is 2. The Hall–Kier alpha value is -3.12. The first-order valence-corrected chi connectivity index (χ1v) is 13.5. The molecule has 0 unspecified atom stereocenters. The minimum absolute atomic E-state index is 0.260. The molecule has 0 spiro atoms. The molecule has 0 saturated carbocycles. The van der Waals surface area contributed by atoms with Gasteiger partial charge in [0, 0.05) is 23.3 Å². The first-order chi connectivity index (χ1) is 16.9. The molecule has 0 amide bonds. The van der Waals surface area contributed by atoms with E-state index in [1.807, 2.05) is 91.9 Å². The van der Waals surface area contributed by atoms with E-state index in [0.29, 0.717) is 22.9 Å². The van der Waals surface area contributed by atoms with Crippen LogP contribution in [0.15, 0.2) is 114 Å². The second kappa shape index (κ2) is 9.86. The highest BCUT2D eigenvalue weighted by Crippen LogP contribution is 2.42. The molecule has 4 nitrogen and oxygen atoms in total. The Labute approximate surface area is 212 Å². The molecule has 1 aliphatic heterocycles. The summed E-state index contributed by atoms with van der Waals surface area (Å²) >= 11 is 6.18. The Morgan fingerprint density at radius 3 is 2.03 bits per heavy atom. The highest BCUT2D eigenvalue weighted by Gasteiger charge is 2.47. The minimum atomic E-state index is -3.81. The highest BCUT2D eigenvalue weighted by molar-refractivity contribution is 7.89. The molecule has 1 saturated heterocycles. The van der Waals surface area contributed by atoms with E-state index in [-0.39, 0.29) is 6.04 Å². The third-order valence-electron chi connectivity index (χ3n) is 6.47. The Kier molecular flexibility index (Phi) is 6.65. The molecule has 0 radical (unpaired) electrons. The van der Waals surface area contributed by atoms with Crippen LogP contribution >= 0.6 is 11.6 Å². The highest BCUT2D eigenvalue weighted by atomic mass is 35.5. The lowest BCUT2D eigenvalue weighted by Crippen LogP contribution is -2.40. The third kappa shape index (κ3) is 4.85. The predicted molar refractivity (Wildman–Crippen MR) is 142 cm³/mol. The minimum Gasteiger partial charge on any atom is -0.349 e. The Morgan fingerprint density at radius 1 is 0.800 bits per heavy atom. The molecule has 0 bridgehead atoms. The summed E-state index contributed by atoms with van der Waals surface area (Å²) in [6.45, 7) is 2.51. The number of benzene rings is 4. The maximum Gasteiger partial charge on any atom is 0.245 e. The van der Waals surface area contributed by atoms with E-state index in [9.17, 15) is 8.42 Å². The van der Waals surface area contributed by atoms with Crippen LogP contribution < -0.4 is 4.90 Å². The van der Waals surface area contributed by atoms with Crippen LogP contribution in [0.3, 0.4) is 0 Å². The van der Waals surface area contributed by atoms with E-state index in [1.165, 1.54) is 0 Å². The van der Waals surface area contributed by atoms with Gasteiger partial charge in [-0.2, -0.15) is 4.31 Å². The van der Waals surface area contributed by atoms with Gasteiger partial charge in [-0.15, -0.1) is 0 Å². The predicted octanol–water partition coefficient (Wildman–Crippen LogP) is 6.47. The van der Waals surface area contributed by atoms with Gasteiger partial charge in [0.15, 0.2) is 0 Å². The van der Waals surface area contributed by atoms with E-state index < -0.39 is 16.2 Å². The van der Waals surface area contributed by atoms with Crippen LogP contribution in [-0.4, -0.2) is 25.3 Å². The average Bonchev–Trinajstić information content (AvgIpc) is 3.26. The zero-order valence-corrected chi connectivity index (χ0v) is 21.0. The Morgan fingerprint density at radius 2 is 1.40 bits per heavy atom. The van der Waals surface area contributed by atoms with Crippen LogP contribution in [-0.2, 0) is 16.4 Å². The van der Waals surface area contributed by atoms with Crippen molar-refractivity contribution >= 4 is 27.3 Å². The normalized spacial score (nSPS) is 18.6. The second-order valence-corrected chi connectivity index (χ2v) is 11.2. The van der Waals surface area contributed by atoms with Gasteiger partial charge in [-0.3, -0.25) is 0 Å². The summed E-state index contributed by atoms with van der Waals surface area (Å²) in [4.78, 5) is 2.48. The molecule has 0 aromatic heterocycles. The average molecular weight is 503 g/mol. The van der Waals surface area contributed by atoms with Crippen molar-refractivity contribution in [2.75, 3.05) is 11.4 Å².